The monoisotopic (exact) mass is 373 g/mol. The van der Waals surface area contributed by atoms with Gasteiger partial charge in [0.25, 0.3) is 0 Å². The molecule has 1 radical (unpaired) electrons. The minimum Gasteiger partial charge on any atom is -0.414 e. The van der Waals surface area contributed by atoms with Crippen LogP contribution in [0.25, 0.3) is 0 Å². The van der Waals surface area contributed by atoms with Crippen LogP contribution < -0.4 is 0 Å². The van der Waals surface area contributed by atoms with Gasteiger partial charge in [0.05, 0.1) is 0 Å². The zero-order valence-corrected chi connectivity index (χ0v) is 18.7. The van der Waals surface area contributed by atoms with E-state index in [1.54, 1.807) is 11.8 Å². The first-order chi connectivity index (χ1) is 11.6. The van der Waals surface area contributed by atoms with Crippen LogP contribution in [0.3, 0.4) is 0 Å². The molecule has 0 aromatic heterocycles. The highest BCUT2D eigenvalue weighted by Gasteiger charge is 2.21. The van der Waals surface area contributed by atoms with Crippen molar-refractivity contribution < 1.29 is 9.22 Å². The third-order valence-electron chi connectivity index (χ3n) is 4.16. The molecule has 0 amide bonds. The number of unbranched alkanes of at least 4 members (excludes halogenated alkanes) is 3. The Morgan fingerprint density at radius 3 is 2.17 bits per heavy atom. The van der Waals surface area contributed by atoms with Crippen molar-refractivity contribution in [1.29, 1.82) is 0 Å². The van der Waals surface area contributed by atoms with Gasteiger partial charge in [-0.1, -0.05) is 84.9 Å². The Kier molecular flexibility index (Phi) is 16.8. The lowest BCUT2D eigenvalue weighted by Crippen LogP contribution is -2.28. The number of hydrogen-bond acceptors (Lipinski definition) is 3. The molecule has 2 atom stereocenters. The topological polar surface area (TPSA) is 26.3 Å². The SMILES string of the molecule is CCCCCCC(=O)SC(C)CC(CCC)O[Si](CCC)CCC. The van der Waals surface area contributed by atoms with E-state index in [2.05, 4.69) is 34.6 Å². The maximum Gasteiger partial charge on any atom is 0.211 e. The maximum absolute atomic E-state index is 12.1. The Bertz CT molecular complexity index is 293. The van der Waals surface area contributed by atoms with Gasteiger partial charge in [0.2, 0.25) is 9.04 Å². The molecule has 24 heavy (non-hydrogen) atoms. The van der Waals surface area contributed by atoms with Crippen LogP contribution in [0.15, 0.2) is 0 Å². The minimum atomic E-state index is -0.655. The Labute approximate surface area is 157 Å². The van der Waals surface area contributed by atoms with E-state index in [1.807, 2.05) is 0 Å². The maximum atomic E-state index is 12.1. The van der Waals surface area contributed by atoms with Crippen LogP contribution in [0.4, 0.5) is 0 Å². The van der Waals surface area contributed by atoms with E-state index in [9.17, 15) is 4.79 Å². The van der Waals surface area contributed by atoms with Gasteiger partial charge >= 0.3 is 0 Å². The fourth-order valence-electron chi connectivity index (χ4n) is 2.98. The summed E-state index contributed by atoms with van der Waals surface area (Å²) < 4.78 is 6.51. The van der Waals surface area contributed by atoms with E-state index >= 15 is 0 Å². The Morgan fingerprint density at radius 1 is 0.958 bits per heavy atom. The van der Waals surface area contributed by atoms with Crippen LogP contribution in [0.1, 0.15) is 98.8 Å². The number of thioether (sulfide) groups is 1. The second kappa shape index (κ2) is 16.7. The van der Waals surface area contributed by atoms with Crippen LogP contribution in [0.5, 0.6) is 0 Å². The summed E-state index contributed by atoms with van der Waals surface area (Å²) in [6, 6.07) is 2.52. The Balaban J connectivity index is 4.24. The third-order valence-corrected chi connectivity index (χ3v) is 8.01. The molecule has 0 N–H and O–H groups in total. The normalized spacial score (nSPS) is 14.1. The highest BCUT2D eigenvalue weighted by Crippen LogP contribution is 2.24. The first-order valence-electron chi connectivity index (χ1n) is 10.3. The van der Waals surface area contributed by atoms with Crippen molar-refractivity contribution in [2.75, 3.05) is 0 Å². The second-order valence-electron chi connectivity index (χ2n) is 6.91. The molecule has 0 saturated heterocycles. The van der Waals surface area contributed by atoms with Crippen LogP contribution in [-0.4, -0.2) is 25.5 Å². The molecule has 2 unspecified atom stereocenters. The van der Waals surface area contributed by atoms with Crippen molar-refractivity contribution in [2.45, 2.75) is 122 Å². The van der Waals surface area contributed by atoms with Gasteiger partial charge < -0.3 is 4.43 Å². The fraction of sp³-hybridized carbons (Fsp3) is 0.950. The van der Waals surface area contributed by atoms with E-state index < -0.39 is 9.04 Å². The molecule has 2 nitrogen and oxygen atoms in total. The van der Waals surface area contributed by atoms with Crippen molar-refractivity contribution in [3.63, 3.8) is 0 Å². The largest absolute Gasteiger partial charge is 0.414 e. The third kappa shape index (κ3) is 13.5. The molecule has 0 fully saturated rings. The van der Waals surface area contributed by atoms with E-state index in [1.165, 1.54) is 50.6 Å². The van der Waals surface area contributed by atoms with Crippen molar-refractivity contribution in [3.05, 3.63) is 0 Å². The van der Waals surface area contributed by atoms with Crippen molar-refractivity contribution in [3.8, 4) is 0 Å². The van der Waals surface area contributed by atoms with Crippen LogP contribution in [0.2, 0.25) is 12.1 Å². The van der Waals surface area contributed by atoms with E-state index in [4.69, 9.17) is 4.43 Å². The number of rotatable bonds is 16. The summed E-state index contributed by atoms with van der Waals surface area (Å²) in [6.45, 7) is 11.2. The number of hydrogen-bond donors (Lipinski definition) is 0. The zero-order chi connectivity index (χ0) is 18.2. The summed E-state index contributed by atoms with van der Waals surface area (Å²) in [5, 5.41) is 0.758. The summed E-state index contributed by atoms with van der Waals surface area (Å²) in [4.78, 5) is 12.1. The van der Waals surface area contributed by atoms with Crippen molar-refractivity contribution in [1.82, 2.24) is 0 Å². The smallest absolute Gasteiger partial charge is 0.211 e. The molecule has 0 bridgehead atoms. The predicted molar refractivity (Wildman–Crippen MR) is 111 cm³/mol. The highest BCUT2D eigenvalue weighted by molar-refractivity contribution is 8.14. The lowest BCUT2D eigenvalue weighted by Gasteiger charge is -2.25. The molecule has 0 saturated carbocycles. The minimum absolute atomic E-state index is 0.359. The standard InChI is InChI=1S/C20H41O2SSi/c1-6-10-11-12-14-20(21)23-18(5)17-19(13-7-2)22-24(15-8-3)16-9-4/h18-19H,6-17H2,1-5H3. The molecule has 0 aromatic carbocycles. The molecule has 143 valence electrons. The average Bonchev–Trinajstić information content (AvgIpc) is 2.52. The summed E-state index contributed by atoms with van der Waals surface area (Å²) in [6.07, 6.45) is 11.6. The number of carbonyl (C=O) groups is 1. The lowest BCUT2D eigenvalue weighted by atomic mass is 10.1. The van der Waals surface area contributed by atoms with Crippen molar-refractivity contribution >= 4 is 25.9 Å². The van der Waals surface area contributed by atoms with Gasteiger partial charge in [-0.15, -0.1) is 0 Å². The van der Waals surface area contributed by atoms with Gasteiger partial charge in [0, 0.05) is 17.8 Å². The first-order valence-corrected chi connectivity index (χ1v) is 13.0. The number of carbonyl (C=O) groups excluding carboxylic acids is 1. The van der Waals surface area contributed by atoms with E-state index in [0.29, 0.717) is 16.5 Å². The first kappa shape index (κ1) is 24.2. The van der Waals surface area contributed by atoms with Crippen LogP contribution in [-0.2, 0) is 9.22 Å². The summed E-state index contributed by atoms with van der Waals surface area (Å²) >= 11 is 1.56. The molecule has 0 aromatic rings. The van der Waals surface area contributed by atoms with Gasteiger partial charge in [0.15, 0.2) is 5.12 Å². The molecule has 4 heteroatoms. The highest BCUT2D eigenvalue weighted by atomic mass is 32.2. The molecule has 0 aliphatic carbocycles. The Morgan fingerprint density at radius 2 is 1.62 bits per heavy atom. The van der Waals surface area contributed by atoms with Crippen LogP contribution >= 0.6 is 11.8 Å². The van der Waals surface area contributed by atoms with Crippen molar-refractivity contribution in [2.24, 2.45) is 0 Å². The van der Waals surface area contributed by atoms with Crippen LogP contribution in [0, 0.1) is 0 Å². The molecular formula is C20H41O2SSi. The summed E-state index contributed by atoms with van der Waals surface area (Å²) in [7, 11) is -0.655. The van der Waals surface area contributed by atoms with E-state index in [-0.39, 0.29) is 0 Å². The molecule has 0 heterocycles. The molecule has 0 rings (SSSR count). The molecule has 0 spiro atoms. The fourth-order valence-corrected chi connectivity index (χ4v) is 6.29. The van der Waals surface area contributed by atoms with Gasteiger partial charge in [0.1, 0.15) is 0 Å². The van der Waals surface area contributed by atoms with Gasteiger partial charge in [-0.25, -0.2) is 0 Å². The Hall–Kier alpha value is 0.197. The lowest BCUT2D eigenvalue weighted by molar-refractivity contribution is -0.111. The molecule has 0 aliphatic rings. The molecular weight excluding hydrogens is 332 g/mol. The molecule has 0 aliphatic heterocycles. The second-order valence-corrected chi connectivity index (χ2v) is 10.7. The summed E-state index contributed by atoms with van der Waals surface area (Å²) in [5.41, 5.74) is 0. The predicted octanol–water partition coefficient (Wildman–Crippen LogP) is 6.99. The summed E-state index contributed by atoms with van der Waals surface area (Å²) in [5.74, 6) is 0. The zero-order valence-electron chi connectivity index (χ0n) is 16.9. The van der Waals surface area contributed by atoms with Gasteiger partial charge in [-0.3, -0.25) is 4.79 Å². The van der Waals surface area contributed by atoms with Gasteiger partial charge in [-0.05, 0) is 31.4 Å². The average molecular weight is 374 g/mol. The quantitative estimate of drug-likeness (QED) is 0.215. The van der Waals surface area contributed by atoms with E-state index in [0.717, 1.165) is 25.7 Å². The van der Waals surface area contributed by atoms with Gasteiger partial charge in [-0.2, -0.15) is 0 Å².